The maximum atomic E-state index is 14.1. The third-order valence-corrected chi connectivity index (χ3v) is 5.98. The fourth-order valence-corrected chi connectivity index (χ4v) is 4.30. The van der Waals surface area contributed by atoms with E-state index >= 15 is 0 Å². The van der Waals surface area contributed by atoms with Crippen molar-refractivity contribution in [3.63, 3.8) is 0 Å². The Morgan fingerprint density at radius 1 is 1.06 bits per heavy atom. The van der Waals surface area contributed by atoms with Crippen LogP contribution in [0.3, 0.4) is 0 Å². The minimum Gasteiger partial charge on any atom is -0.369 e. The first-order chi connectivity index (χ1) is 15.0. The summed E-state index contributed by atoms with van der Waals surface area (Å²) in [6, 6.07) is 17.6. The number of aromatic nitrogens is 1. The van der Waals surface area contributed by atoms with Crippen LogP contribution >= 0.6 is 0 Å². The lowest BCUT2D eigenvalue weighted by Gasteiger charge is -2.41. The van der Waals surface area contributed by atoms with Gasteiger partial charge >= 0.3 is 0 Å². The minimum absolute atomic E-state index is 0.145. The van der Waals surface area contributed by atoms with Crippen molar-refractivity contribution >= 4 is 11.8 Å². The Balaban J connectivity index is 1.55. The van der Waals surface area contributed by atoms with Crippen LogP contribution in [0.4, 0.5) is 4.39 Å². The Kier molecular flexibility index (Phi) is 5.80. The highest BCUT2D eigenvalue weighted by molar-refractivity contribution is 5.94. The molecule has 2 amide bonds. The number of rotatable bonds is 5. The maximum absolute atomic E-state index is 14.1. The third kappa shape index (κ3) is 4.33. The Morgan fingerprint density at radius 2 is 1.84 bits per heavy atom. The average Bonchev–Trinajstić information content (AvgIpc) is 2.80. The van der Waals surface area contributed by atoms with E-state index in [9.17, 15) is 14.0 Å². The number of nitrogens with two attached hydrogens (primary N) is 1. The number of carbonyl (C=O) groups is 2. The first-order valence-corrected chi connectivity index (χ1v) is 10.3. The van der Waals surface area contributed by atoms with Gasteiger partial charge in [-0.1, -0.05) is 42.5 Å². The van der Waals surface area contributed by atoms with Gasteiger partial charge in [0.1, 0.15) is 5.82 Å². The van der Waals surface area contributed by atoms with Crippen LogP contribution in [-0.4, -0.2) is 34.8 Å². The molecule has 1 saturated heterocycles. The number of carbonyl (C=O) groups excluding carboxylic acids is 2. The SMILES string of the molecule is NC(=O)[C@@]1(Cc2ccc(-c3ccccc3F)cc2)CCCN(C(=O)c2cccnc2)C1. The summed E-state index contributed by atoms with van der Waals surface area (Å²) in [7, 11) is 0. The first kappa shape index (κ1) is 20.7. The highest BCUT2D eigenvalue weighted by Gasteiger charge is 2.42. The Morgan fingerprint density at radius 3 is 2.52 bits per heavy atom. The molecular weight excluding hydrogens is 393 g/mol. The van der Waals surface area contributed by atoms with Gasteiger partial charge in [0.2, 0.25) is 5.91 Å². The molecule has 0 bridgehead atoms. The molecule has 0 aliphatic carbocycles. The summed E-state index contributed by atoms with van der Waals surface area (Å²) < 4.78 is 14.1. The van der Waals surface area contributed by atoms with Crippen molar-refractivity contribution in [3.05, 3.63) is 90.0 Å². The van der Waals surface area contributed by atoms with Crippen molar-refractivity contribution in [2.75, 3.05) is 13.1 Å². The second-order valence-corrected chi connectivity index (χ2v) is 8.07. The molecular formula is C25H24FN3O2. The number of benzene rings is 2. The molecule has 6 heteroatoms. The zero-order valence-electron chi connectivity index (χ0n) is 17.1. The molecule has 0 spiro atoms. The maximum Gasteiger partial charge on any atom is 0.255 e. The number of hydrogen-bond donors (Lipinski definition) is 1. The van der Waals surface area contributed by atoms with Crippen LogP contribution in [0.5, 0.6) is 0 Å². The predicted octanol–water partition coefficient (Wildman–Crippen LogP) is 3.84. The minimum atomic E-state index is -0.838. The fraction of sp³-hybridized carbons (Fsp3) is 0.240. The van der Waals surface area contributed by atoms with E-state index in [1.54, 1.807) is 41.4 Å². The quantitative estimate of drug-likeness (QED) is 0.685. The number of primary amides is 1. The summed E-state index contributed by atoms with van der Waals surface area (Å²) in [5, 5.41) is 0. The molecule has 158 valence electrons. The number of halogens is 1. The van der Waals surface area contributed by atoms with Crippen LogP contribution in [0.25, 0.3) is 11.1 Å². The molecule has 0 unspecified atom stereocenters. The Hall–Kier alpha value is -3.54. The molecule has 2 aromatic carbocycles. The van der Waals surface area contributed by atoms with Gasteiger partial charge < -0.3 is 10.6 Å². The number of amides is 2. The second-order valence-electron chi connectivity index (χ2n) is 8.07. The topological polar surface area (TPSA) is 76.3 Å². The number of likely N-dealkylation sites (tertiary alicyclic amines) is 1. The molecule has 0 radical (unpaired) electrons. The third-order valence-electron chi connectivity index (χ3n) is 5.98. The van der Waals surface area contributed by atoms with Crippen LogP contribution in [-0.2, 0) is 11.2 Å². The zero-order valence-corrected chi connectivity index (χ0v) is 17.1. The van der Waals surface area contributed by atoms with Crippen molar-refractivity contribution in [1.29, 1.82) is 0 Å². The van der Waals surface area contributed by atoms with Crippen LogP contribution in [0.15, 0.2) is 73.1 Å². The summed E-state index contributed by atoms with van der Waals surface area (Å²) in [6.45, 7) is 0.847. The van der Waals surface area contributed by atoms with E-state index in [0.717, 1.165) is 11.1 Å². The number of pyridine rings is 1. The van der Waals surface area contributed by atoms with E-state index in [1.165, 1.54) is 12.3 Å². The van der Waals surface area contributed by atoms with Crippen molar-refractivity contribution in [1.82, 2.24) is 9.88 Å². The molecule has 5 nitrogen and oxygen atoms in total. The first-order valence-electron chi connectivity index (χ1n) is 10.3. The number of piperidine rings is 1. The molecule has 0 saturated carbocycles. The van der Waals surface area contributed by atoms with Crippen LogP contribution in [0, 0.1) is 11.2 Å². The van der Waals surface area contributed by atoms with Gasteiger partial charge in [-0.3, -0.25) is 14.6 Å². The molecule has 1 aromatic heterocycles. The predicted molar refractivity (Wildman–Crippen MR) is 117 cm³/mol. The van der Waals surface area contributed by atoms with E-state index in [1.807, 2.05) is 24.3 Å². The van der Waals surface area contributed by atoms with E-state index < -0.39 is 11.3 Å². The van der Waals surface area contributed by atoms with Gasteiger partial charge in [0.05, 0.1) is 11.0 Å². The van der Waals surface area contributed by atoms with Gasteiger partial charge in [0.25, 0.3) is 5.91 Å². The van der Waals surface area contributed by atoms with Gasteiger partial charge in [-0.2, -0.15) is 0 Å². The fourth-order valence-electron chi connectivity index (χ4n) is 4.30. The van der Waals surface area contributed by atoms with E-state index in [0.29, 0.717) is 36.9 Å². The molecule has 4 rings (SSSR count). The Bertz CT molecular complexity index is 1090. The van der Waals surface area contributed by atoms with Gasteiger partial charge in [-0.15, -0.1) is 0 Å². The molecule has 1 fully saturated rings. The summed E-state index contributed by atoms with van der Waals surface area (Å²) in [4.78, 5) is 31.1. The molecule has 2 N–H and O–H groups in total. The summed E-state index contributed by atoms with van der Waals surface area (Å²) in [6.07, 6.45) is 4.89. The van der Waals surface area contributed by atoms with E-state index in [4.69, 9.17) is 5.73 Å². The molecule has 3 aromatic rings. The monoisotopic (exact) mass is 417 g/mol. The highest BCUT2D eigenvalue weighted by atomic mass is 19.1. The van der Waals surface area contributed by atoms with Gasteiger partial charge in [-0.25, -0.2) is 4.39 Å². The standard InChI is InChI=1S/C25H24FN3O2/c26-22-7-2-1-6-21(22)19-10-8-18(9-11-19)15-25(24(27)31)12-4-14-29(17-25)23(30)20-5-3-13-28-16-20/h1-3,5-11,13,16H,4,12,14-15,17H2,(H2,27,31)/t25-/m1/s1. The van der Waals surface area contributed by atoms with Crippen LogP contribution < -0.4 is 5.73 Å². The van der Waals surface area contributed by atoms with E-state index in [-0.39, 0.29) is 18.3 Å². The summed E-state index contributed by atoms with van der Waals surface area (Å²) >= 11 is 0. The van der Waals surface area contributed by atoms with Gasteiger partial charge in [0, 0.05) is 31.0 Å². The lowest BCUT2D eigenvalue weighted by atomic mass is 9.74. The lowest BCUT2D eigenvalue weighted by Crippen LogP contribution is -2.53. The number of nitrogens with zero attached hydrogens (tertiary/aromatic N) is 2. The normalized spacial score (nSPS) is 18.5. The second kappa shape index (κ2) is 8.68. The van der Waals surface area contributed by atoms with E-state index in [2.05, 4.69) is 4.98 Å². The van der Waals surface area contributed by atoms with Gasteiger partial charge in [0.15, 0.2) is 0 Å². The molecule has 1 aliphatic rings. The molecule has 2 heterocycles. The van der Waals surface area contributed by atoms with Crippen molar-refractivity contribution < 1.29 is 14.0 Å². The smallest absolute Gasteiger partial charge is 0.255 e. The summed E-state index contributed by atoms with van der Waals surface area (Å²) in [5.41, 5.74) is 7.74. The molecule has 31 heavy (non-hydrogen) atoms. The Labute approximate surface area is 180 Å². The average molecular weight is 417 g/mol. The lowest BCUT2D eigenvalue weighted by molar-refractivity contribution is -0.130. The highest BCUT2D eigenvalue weighted by Crippen LogP contribution is 2.35. The number of hydrogen-bond acceptors (Lipinski definition) is 3. The van der Waals surface area contributed by atoms with Gasteiger partial charge in [-0.05, 0) is 48.6 Å². The molecule has 1 atom stereocenters. The zero-order chi connectivity index (χ0) is 21.8. The van der Waals surface area contributed by atoms with Crippen molar-refractivity contribution in [2.24, 2.45) is 11.1 Å². The summed E-state index contributed by atoms with van der Waals surface area (Å²) in [5.74, 6) is -0.830. The van der Waals surface area contributed by atoms with Crippen LogP contribution in [0.2, 0.25) is 0 Å². The van der Waals surface area contributed by atoms with Crippen molar-refractivity contribution in [2.45, 2.75) is 19.3 Å². The van der Waals surface area contributed by atoms with Crippen LogP contribution in [0.1, 0.15) is 28.8 Å². The molecule has 1 aliphatic heterocycles. The van der Waals surface area contributed by atoms with Crippen molar-refractivity contribution in [3.8, 4) is 11.1 Å². The largest absolute Gasteiger partial charge is 0.369 e.